The van der Waals surface area contributed by atoms with Crippen molar-refractivity contribution >= 4 is 11.8 Å². The molecule has 4 rings (SSSR count). The molecule has 212 valence electrons. The maximum atomic E-state index is 12.4. The highest BCUT2D eigenvalue weighted by atomic mass is 16.5. The lowest BCUT2D eigenvalue weighted by atomic mass is 9.98. The van der Waals surface area contributed by atoms with Crippen LogP contribution in [0.3, 0.4) is 0 Å². The van der Waals surface area contributed by atoms with Gasteiger partial charge in [-0.05, 0) is 113 Å². The van der Waals surface area contributed by atoms with Crippen molar-refractivity contribution in [2.75, 3.05) is 13.1 Å². The second-order valence-electron chi connectivity index (χ2n) is 11.1. The number of amides is 2. The molecule has 2 aliphatic carbocycles. The largest absolute Gasteiger partial charge is 0.490 e. The van der Waals surface area contributed by atoms with Gasteiger partial charge in [-0.2, -0.15) is 0 Å². The maximum absolute atomic E-state index is 12.4. The molecule has 0 radical (unpaired) electrons. The number of nitrogens with one attached hydrogen (secondary N) is 2. The van der Waals surface area contributed by atoms with Crippen LogP contribution in [0, 0.1) is 0 Å². The summed E-state index contributed by atoms with van der Waals surface area (Å²) in [6.45, 7) is 1.35. The van der Waals surface area contributed by atoms with E-state index >= 15 is 0 Å². The van der Waals surface area contributed by atoms with Crippen molar-refractivity contribution in [3.05, 3.63) is 59.7 Å². The van der Waals surface area contributed by atoms with Crippen molar-refractivity contribution < 1.29 is 19.1 Å². The molecule has 2 aliphatic rings. The number of rotatable bonds is 14. The van der Waals surface area contributed by atoms with Gasteiger partial charge in [-0.15, -0.1) is 0 Å². The molecule has 2 saturated carbocycles. The topological polar surface area (TPSA) is 76.7 Å². The van der Waals surface area contributed by atoms with E-state index in [9.17, 15) is 9.59 Å². The molecule has 0 aromatic heterocycles. The van der Waals surface area contributed by atoms with Gasteiger partial charge in [0.2, 0.25) is 0 Å². The van der Waals surface area contributed by atoms with Gasteiger partial charge in [-0.1, -0.05) is 32.1 Å². The Hall–Kier alpha value is -3.02. The Bertz CT molecular complexity index is 912. The van der Waals surface area contributed by atoms with Crippen molar-refractivity contribution in [2.24, 2.45) is 0 Å². The van der Waals surface area contributed by atoms with Gasteiger partial charge in [0.25, 0.3) is 11.8 Å². The van der Waals surface area contributed by atoms with E-state index in [4.69, 9.17) is 9.47 Å². The van der Waals surface area contributed by atoms with Crippen LogP contribution in [-0.4, -0.2) is 37.1 Å². The van der Waals surface area contributed by atoms with Crippen molar-refractivity contribution in [1.29, 1.82) is 0 Å². The summed E-state index contributed by atoms with van der Waals surface area (Å²) in [6, 6.07) is 15.0. The van der Waals surface area contributed by atoms with Crippen LogP contribution >= 0.6 is 0 Å². The van der Waals surface area contributed by atoms with Gasteiger partial charge in [-0.3, -0.25) is 9.59 Å². The summed E-state index contributed by atoms with van der Waals surface area (Å²) < 4.78 is 12.1. The molecule has 2 N–H and O–H groups in total. The minimum Gasteiger partial charge on any atom is -0.490 e. The summed E-state index contributed by atoms with van der Waals surface area (Å²) in [5, 5.41) is 6.03. The van der Waals surface area contributed by atoms with E-state index in [-0.39, 0.29) is 11.8 Å². The van der Waals surface area contributed by atoms with E-state index < -0.39 is 0 Å². The second-order valence-corrected chi connectivity index (χ2v) is 11.1. The SMILES string of the molecule is O=C(NCCCCCCCNC(=O)c1ccc(OC2CCCCC2)cc1)c1ccc(OC2CCCCC2)cc1. The summed E-state index contributed by atoms with van der Waals surface area (Å²) in [5.74, 6) is 1.64. The number of carbonyl (C=O) groups is 2. The number of ether oxygens (including phenoxy) is 2. The van der Waals surface area contributed by atoms with E-state index in [0.29, 0.717) is 36.4 Å². The van der Waals surface area contributed by atoms with Gasteiger partial charge in [0.15, 0.2) is 0 Å². The molecule has 0 aliphatic heterocycles. The molecule has 0 spiro atoms. The van der Waals surface area contributed by atoms with Crippen LogP contribution in [0.2, 0.25) is 0 Å². The molecule has 2 amide bonds. The van der Waals surface area contributed by atoms with Crippen LogP contribution in [0.5, 0.6) is 11.5 Å². The molecule has 0 heterocycles. The monoisotopic (exact) mass is 534 g/mol. The molecule has 0 bridgehead atoms. The van der Waals surface area contributed by atoms with Crippen molar-refractivity contribution in [3.63, 3.8) is 0 Å². The van der Waals surface area contributed by atoms with Crippen LogP contribution in [-0.2, 0) is 0 Å². The minimum absolute atomic E-state index is 0.0319. The second kappa shape index (κ2) is 16.2. The normalized spacial score (nSPS) is 16.4. The standard InChI is InChI=1S/C33H46N2O4/c36-32(26-16-20-30(21-17-26)38-28-12-6-4-7-13-28)34-24-10-2-1-3-11-25-35-33(37)27-18-22-31(23-19-27)39-29-14-8-5-9-15-29/h16-23,28-29H,1-15,24-25H2,(H,34,36)(H,35,37). The Labute approximate surface area is 234 Å². The Morgan fingerprint density at radius 1 is 0.538 bits per heavy atom. The third-order valence-corrected chi connectivity index (χ3v) is 7.87. The molecule has 0 saturated heterocycles. The van der Waals surface area contributed by atoms with Crippen molar-refractivity contribution in [3.8, 4) is 11.5 Å². The lowest BCUT2D eigenvalue weighted by molar-refractivity contribution is 0.0945. The maximum Gasteiger partial charge on any atom is 0.251 e. The molecule has 39 heavy (non-hydrogen) atoms. The number of carbonyl (C=O) groups excluding carboxylic acids is 2. The highest BCUT2D eigenvalue weighted by molar-refractivity contribution is 5.94. The van der Waals surface area contributed by atoms with E-state index in [2.05, 4.69) is 10.6 Å². The molecular weight excluding hydrogens is 488 g/mol. The molecule has 2 aromatic rings. The van der Waals surface area contributed by atoms with Crippen LogP contribution in [0.25, 0.3) is 0 Å². The third kappa shape index (κ3) is 10.2. The van der Waals surface area contributed by atoms with Gasteiger partial charge >= 0.3 is 0 Å². The van der Waals surface area contributed by atoms with Crippen LogP contribution in [0.4, 0.5) is 0 Å². The van der Waals surface area contributed by atoms with E-state index in [1.165, 1.54) is 38.5 Å². The summed E-state index contributed by atoms with van der Waals surface area (Å²) in [7, 11) is 0. The van der Waals surface area contributed by atoms with Gasteiger partial charge in [0.05, 0.1) is 12.2 Å². The summed E-state index contributed by atoms with van der Waals surface area (Å²) >= 11 is 0. The predicted molar refractivity (Wildman–Crippen MR) is 156 cm³/mol. The quantitative estimate of drug-likeness (QED) is 0.251. The van der Waals surface area contributed by atoms with Crippen LogP contribution in [0.1, 0.15) is 117 Å². The molecule has 2 aromatic carbocycles. The predicted octanol–water partition coefficient (Wildman–Crippen LogP) is 7.22. The Morgan fingerprint density at radius 3 is 1.28 bits per heavy atom. The number of unbranched alkanes of at least 4 members (excludes halogenated alkanes) is 4. The summed E-state index contributed by atoms with van der Waals surface area (Å²) in [5.41, 5.74) is 1.35. The van der Waals surface area contributed by atoms with Crippen molar-refractivity contribution in [1.82, 2.24) is 10.6 Å². The Balaban J connectivity index is 1.00. The Morgan fingerprint density at radius 2 is 0.897 bits per heavy atom. The smallest absolute Gasteiger partial charge is 0.251 e. The molecular formula is C33H46N2O4. The first-order chi connectivity index (χ1) is 19.2. The molecule has 2 fully saturated rings. The Kier molecular flexibility index (Phi) is 12.0. The van der Waals surface area contributed by atoms with Crippen molar-refractivity contribution in [2.45, 2.75) is 109 Å². The minimum atomic E-state index is -0.0319. The first-order valence-corrected chi connectivity index (χ1v) is 15.3. The number of hydrogen-bond acceptors (Lipinski definition) is 4. The summed E-state index contributed by atoms with van der Waals surface area (Å²) in [4.78, 5) is 24.8. The first-order valence-electron chi connectivity index (χ1n) is 15.3. The molecule has 6 nitrogen and oxygen atoms in total. The van der Waals surface area contributed by atoms with Gasteiger partial charge < -0.3 is 20.1 Å². The average molecular weight is 535 g/mol. The van der Waals surface area contributed by atoms with E-state index in [1.807, 2.05) is 48.5 Å². The third-order valence-electron chi connectivity index (χ3n) is 7.87. The number of hydrogen-bond donors (Lipinski definition) is 2. The fraction of sp³-hybridized carbons (Fsp3) is 0.576. The van der Waals surface area contributed by atoms with Crippen LogP contribution in [0.15, 0.2) is 48.5 Å². The zero-order chi connectivity index (χ0) is 27.1. The van der Waals surface area contributed by atoms with E-state index in [1.54, 1.807) is 0 Å². The molecule has 0 unspecified atom stereocenters. The molecule has 0 atom stereocenters. The highest BCUT2D eigenvalue weighted by Gasteiger charge is 2.16. The fourth-order valence-electron chi connectivity index (χ4n) is 5.51. The highest BCUT2D eigenvalue weighted by Crippen LogP contribution is 2.24. The van der Waals surface area contributed by atoms with Gasteiger partial charge in [0.1, 0.15) is 11.5 Å². The zero-order valence-corrected chi connectivity index (χ0v) is 23.4. The average Bonchev–Trinajstić information content (AvgIpc) is 2.98. The van der Waals surface area contributed by atoms with Gasteiger partial charge in [-0.25, -0.2) is 0 Å². The van der Waals surface area contributed by atoms with E-state index in [0.717, 1.165) is 69.3 Å². The lowest BCUT2D eigenvalue weighted by Gasteiger charge is -2.23. The molecule has 6 heteroatoms. The van der Waals surface area contributed by atoms with Crippen LogP contribution < -0.4 is 20.1 Å². The zero-order valence-electron chi connectivity index (χ0n) is 23.4. The number of benzene rings is 2. The summed E-state index contributed by atoms with van der Waals surface area (Å²) in [6.07, 6.45) is 17.9. The fourth-order valence-corrected chi connectivity index (χ4v) is 5.51. The lowest BCUT2D eigenvalue weighted by Crippen LogP contribution is -2.25. The first kappa shape index (κ1) is 29.0. The van der Waals surface area contributed by atoms with Gasteiger partial charge in [0, 0.05) is 24.2 Å².